The highest BCUT2D eigenvalue weighted by atomic mass is 32.1. The van der Waals surface area contributed by atoms with Crippen LogP contribution in [0.15, 0.2) is 0 Å². The van der Waals surface area contributed by atoms with E-state index in [9.17, 15) is 0 Å². The van der Waals surface area contributed by atoms with E-state index >= 15 is 0 Å². The van der Waals surface area contributed by atoms with Gasteiger partial charge in [0.2, 0.25) is 0 Å². The maximum atomic E-state index is 4.51. The fourth-order valence-electron chi connectivity index (χ4n) is 2.37. The number of rotatable bonds is 2. The zero-order chi connectivity index (χ0) is 9.97. The molecule has 1 aromatic rings. The minimum absolute atomic E-state index is 0.708. The molecule has 0 saturated heterocycles. The van der Waals surface area contributed by atoms with Gasteiger partial charge in [0.15, 0.2) is 0 Å². The Kier molecular flexibility index (Phi) is 3.16. The minimum atomic E-state index is 0.708. The predicted molar refractivity (Wildman–Crippen MR) is 59.6 cm³/mol. The topological polar surface area (TPSA) is 25.8 Å². The summed E-state index contributed by atoms with van der Waals surface area (Å²) in [6.45, 7) is 4.29. The summed E-state index contributed by atoms with van der Waals surface area (Å²) in [5.74, 6) is 2.58. The van der Waals surface area contributed by atoms with Crippen LogP contribution in [0.5, 0.6) is 0 Å². The van der Waals surface area contributed by atoms with Gasteiger partial charge < -0.3 is 0 Å². The van der Waals surface area contributed by atoms with Crippen molar-refractivity contribution in [2.24, 2.45) is 5.92 Å². The first-order valence-corrected chi connectivity index (χ1v) is 6.37. The van der Waals surface area contributed by atoms with Crippen molar-refractivity contribution in [1.82, 2.24) is 9.36 Å². The lowest BCUT2D eigenvalue weighted by Gasteiger charge is -2.26. The Hall–Kier alpha value is -0.440. The Morgan fingerprint density at radius 3 is 2.93 bits per heavy atom. The van der Waals surface area contributed by atoms with E-state index in [-0.39, 0.29) is 0 Å². The molecule has 1 aromatic heterocycles. The van der Waals surface area contributed by atoms with Crippen molar-refractivity contribution >= 4 is 11.5 Å². The molecule has 2 rings (SSSR count). The molecule has 2 nitrogen and oxygen atoms in total. The zero-order valence-corrected chi connectivity index (χ0v) is 9.81. The summed E-state index contributed by atoms with van der Waals surface area (Å²) >= 11 is 1.61. The number of aromatic nitrogens is 2. The third-order valence-electron chi connectivity index (χ3n) is 3.25. The number of hydrogen-bond donors (Lipinski definition) is 0. The lowest BCUT2D eigenvalue weighted by atomic mass is 9.80. The molecule has 0 N–H and O–H groups in total. The quantitative estimate of drug-likeness (QED) is 0.746. The van der Waals surface area contributed by atoms with Gasteiger partial charge in [0.05, 0.1) is 0 Å². The Morgan fingerprint density at radius 2 is 2.29 bits per heavy atom. The van der Waals surface area contributed by atoms with Gasteiger partial charge >= 0.3 is 0 Å². The van der Waals surface area contributed by atoms with Crippen molar-refractivity contribution in [2.75, 3.05) is 0 Å². The maximum absolute atomic E-state index is 4.51. The predicted octanol–water partition coefficient (Wildman–Crippen LogP) is 3.53. The summed E-state index contributed by atoms with van der Waals surface area (Å²) in [4.78, 5) is 4.51. The van der Waals surface area contributed by atoms with Gasteiger partial charge in [-0.3, -0.25) is 0 Å². The van der Waals surface area contributed by atoms with E-state index in [0.29, 0.717) is 5.92 Å². The smallest absolute Gasteiger partial charge is 0.139 e. The summed E-state index contributed by atoms with van der Waals surface area (Å²) in [6.07, 6.45) is 6.79. The summed E-state index contributed by atoms with van der Waals surface area (Å²) in [7, 11) is 0. The van der Waals surface area contributed by atoms with Gasteiger partial charge in [-0.2, -0.15) is 4.37 Å². The fourth-order valence-corrected chi connectivity index (χ4v) is 3.17. The normalized spacial score (nSPS) is 27.9. The van der Waals surface area contributed by atoms with Crippen molar-refractivity contribution in [2.45, 2.75) is 51.9 Å². The Labute approximate surface area is 89.9 Å². The number of hydrogen-bond acceptors (Lipinski definition) is 3. The van der Waals surface area contributed by atoms with E-state index in [4.69, 9.17) is 0 Å². The molecule has 2 unspecified atom stereocenters. The summed E-state index contributed by atoms with van der Waals surface area (Å²) in [6, 6.07) is 0. The average molecular weight is 210 g/mol. The largest absolute Gasteiger partial charge is 0.225 e. The first-order chi connectivity index (χ1) is 6.79. The van der Waals surface area contributed by atoms with Gasteiger partial charge in [0, 0.05) is 5.92 Å². The third kappa shape index (κ3) is 2.14. The van der Waals surface area contributed by atoms with Crippen molar-refractivity contribution in [3.8, 4) is 0 Å². The van der Waals surface area contributed by atoms with Gasteiger partial charge in [0.25, 0.3) is 0 Å². The van der Waals surface area contributed by atoms with E-state index < -0.39 is 0 Å². The van der Waals surface area contributed by atoms with Crippen LogP contribution in [0.2, 0.25) is 0 Å². The lowest BCUT2D eigenvalue weighted by Crippen LogP contribution is -2.13. The van der Waals surface area contributed by atoms with Crippen LogP contribution in [-0.2, 0) is 0 Å². The molecule has 0 bridgehead atoms. The van der Waals surface area contributed by atoms with Crippen molar-refractivity contribution in [1.29, 1.82) is 0 Å². The van der Waals surface area contributed by atoms with Crippen LogP contribution in [-0.4, -0.2) is 9.36 Å². The highest BCUT2D eigenvalue weighted by molar-refractivity contribution is 7.05. The maximum Gasteiger partial charge on any atom is 0.139 e. The number of nitrogens with zero attached hydrogens (tertiary/aromatic N) is 2. The fraction of sp³-hybridized carbons (Fsp3) is 0.818. The molecule has 0 amide bonds. The molecule has 0 aromatic carbocycles. The van der Waals surface area contributed by atoms with E-state index in [1.54, 1.807) is 11.5 Å². The van der Waals surface area contributed by atoms with Crippen molar-refractivity contribution in [3.05, 3.63) is 10.8 Å². The monoisotopic (exact) mass is 210 g/mol. The van der Waals surface area contributed by atoms with Gasteiger partial charge in [-0.25, -0.2) is 4.98 Å². The standard InChI is InChI=1S/C11H18N2S/c1-3-9-5-4-6-10(7-9)11-12-8(2)13-14-11/h9-10H,3-7H2,1-2H3. The van der Waals surface area contributed by atoms with Gasteiger partial charge in [0.1, 0.15) is 10.8 Å². The molecule has 0 aliphatic heterocycles. The van der Waals surface area contributed by atoms with Crippen LogP contribution in [0.1, 0.15) is 55.8 Å². The molecule has 0 spiro atoms. The Balaban J connectivity index is 2.04. The molecule has 78 valence electrons. The van der Waals surface area contributed by atoms with Gasteiger partial charge in [-0.05, 0) is 37.2 Å². The van der Waals surface area contributed by atoms with Crippen molar-refractivity contribution in [3.63, 3.8) is 0 Å². The second-order valence-corrected chi connectivity index (χ2v) is 5.10. The molecule has 0 radical (unpaired) electrons. The van der Waals surface area contributed by atoms with Crippen LogP contribution in [0.4, 0.5) is 0 Å². The van der Waals surface area contributed by atoms with Gasteiger partial charge in [-0.15, -0.1) is 0 Å². The second kappa shape index (κ2) is 4.39. The Morgan fingerprint density at radius 1 is 1.43 bits per heavy atom. The SMILES string of the molecule is CCC1CCCC(c2nc(C)ns2)C1. The van der Waals surface area contributed by atoms with E-state index in [1.165, 1.54) is 37.1 Å². The van der Waals surface area contributed by atoms with Gasteiger partial charge in [-0.1, -0.05) is 26.2 Å². The van der Waals surface area contributed by atoms with E-state index in [2.05, 4.69) is 16.3 Å². The minimum Gasteiger partial charge on any atom is -0.225 e. The summed E-state index contributed by atoms with van der Waals surface area (Å²) < 4.78 is 4.27. The van der Waals surface area contributed by atoms with Crippen LogP contribution < -0.4 is 0 Å². The molecule has 2 atom stereocenters. The third-order valence-corrected chi connectivity index (χ3v) is 4.22. The second-order valence-electron chi connectivity index (χ2n) is 4.32. The first kappa shape index (κ1) is 10.1. The zero-order valence-electron chi connectivity index (χ0n) is 8.99. The van der Waals surface area contributed by atoms with E-state index in [1.807, 2.05) is 6.92 Å². The van der Waals surface area contributed by atoms with Crippen LogP contribution in [0, 0.1) is 12.8 Å². The Bertz CT molecular complexity index is 295. The molecule has 1 aliphatic carbocycles. The molecule has 1 saturated carbocycles. The lowest BCUT2D eigenvalue weighted by molar-refractivity contribution is 0.314. The highest BCUT2D eigenvalue weighted by Gasteiger charge is 2.24. The summed E-state index contributed by atoms with van der Waals surface area (Å²) in [5, 5.41) is 1.28. The van der Waals surface area contributed by atoms with Crippen LogP contribution in [0.25, 0.3) is 0 Å². The average Bonchev–Trinajstić information content (AvgIpc) is 2.65. The first-order valence-electron chi connectivity index (χ1n) is 5.59. The summed E-state index contributed by atoms with van der Waals surface area (Å²) in [5.41, 5.74) is 0. The molecule has 1 heterocycles. The van der Waals surface area contributed by atoms with Crippen LogP contribution in [0.3, 0.4) is 0 Å². The molecular formula is C11H18N2S. The molecule has 14 heavy (non-hydrogen) atoms. The molecular weight excluding hydrogens is 192 g/mol. The van der Waals surface area contributed by atoms with Crippen LogP contribution >= 0.6 is 11.5 Å². The molecule has 3 heteroatoms. The molecule has 1 fully saturated rings. The molecule has 1 aliphatic rings. The highest BCUT2D eigenvalue weighted by Crippen LogP contribution is 2.37. The van der Waals surface area contributed by atoms with Crippen molar-refractivity contribution < 1.29 is 0 Å². The van der Waals surface area contributed by atoms with E-state index in [0.717, 1.165) is 11.7 Å². The number of aryl methyl sites for hydroxylation is 1.